The molecular formula is C32H47N3O6. The van der Waals surface area contributed by atoms with Crippen LogP contribution in [0.1, 0.15) is 97.0 Å². The lowest BCUT2D eigenvalue weighted by atomic mass is 9.84. The van der Waals surface area contributed by atoms with Crippen molar-refractivity contribution in [1.82, 2.24) is 15.5 Å². The summed E-state index contributed by atoms with van der Waals surface area (Å²) in [5, 5.41) is 5.51. The number of likely N-dealkylation sites (tertiary alicyclic amines) is 1. The van der Waals surface area contributed by atoms with Crippen LogP contribution in [-0.4, -0.2) is 59.0 Å². The van der Waals surface area contributed by atoms with E-state index in [0.717, 1.165) is 31.2 Å². The van der Waals surface area contributed by atoms with Crippen LogP contribution in [0.3, 0.4) is 0 Å². The zero-order valence-corrected chi connectivity index (χ0v) is 24.9. The predicted molar refractivity (Wildman–Crippen MR) is 156 cm³/mol. The second-order valence-corrected chi connectivity index (χ2v) is 11.9. The molecule has 9 nitrogen and oxygen atoms in total. The highest BCUT2D eigenvalue weighted by Gasteiger charge is 2.39. The van der Waals surface area contributed by atoms with Gasteiger partial charge in [-0.2, -0.15) is 0 Å². The molecule has 1 aliphatic heterocycles. The average Bonchev–Trinajstić information content (AvgIpc) is 3.46. The second kappa shape index (κ2) is 16.3. The van der Waals surface area contributed by atoms with Crippen LogP contribution in [0.25, 0.3) is 0 Å². The van der Waals surface area contributed by atoms with E-state index in [0.29, 0.717) is 38.6 Å². The third kappa shape index (κ3) is 9.97. The van der Waals surface area contributed by atoms with Crippen molar-refractivity contribution in [1.29, 1.82) is 0 Å². The fraction of sp³-hybridized carbons (Fsp3) is 0.656. The SMILES string of the molecule is CCC[C@H](NC(=O)[C@@H]1CCCN1C(=O)[C@H](CC(C)C)NC(=O)OCc1ccccc1)C(=O)C(=O)CC1CCCCC1. The van der Waals surface area contributed by atoms with Crippen molar-refractivity contribution in [2.75, 3.05) is 6.54 Å². The minimum absolute atomic E-state index is 0.0797. The van der Waals surface area contributed by atoms with Gasteiger partial charge in [0.2, 0.25) is 23.4 Å². The summed E-state index contributed by atoms with van der Waals surface area (Å²) < 4.78 is 5.34. The van der Waals surface area contributed by atoms with Gasteiger partial charge in [0, 0.05) is 13.0 Å². The molecule has 3 amide bonds. The molecule has 0 aromatic heterocycles. The Morgan fingerprint density at radius 3 is 2.29 bits per heavy atom. The molecular weight excluding hydrogens is 522 g/mol. The third-order valence-electron chi connectivity index (χ3n) is 8.03. The van der Waals surface area contributed by atoms with Gasteiger partial charge in [0.15, 0.2) is 0 Å². The summed E-state index contributed by atoms with van der Waals surface area (Å²) in [6.45, 7) is 6.27. The van der Waals surface area contributed by atoms with Gasteiger partial charge in [-0.1, -0.05) is 89.6 Å². The Morgan fingerprint density at radius 2 is 1.63 bits per heavy atom. The minimum Gasteiger partial charge on any atom is -0.445 e. The molecule has 3 rings (SSSR count). The van der Waals surface area contributed by atoms with Crippen molar-refractivity contribution in [3.05, 3.63) is 35.9 Å². The lowest BCUT2D eigenvalue weighted by Gasteiger charge is -2.30. The van der Waals surface area contributed by atoms with Crippen molar-refractivity contribution < 1.29 is 28.7 Å². The number of nitrogens with zero attached hydrogens (tertiary/aromatic N) is 1. The average molecular weight is 570 g/mol. The van der Waals surface area contributed by atoms with Gasteiger partial charge in [-0.3, -0.25) is 19.2 Å². The Morgan fingerprint density at radius 1 is 0.927 bits per heavy atom. The van der Waals surface area contributed by atoms with Gasteiger partial charge in [0.1, 0.15) is 18.7 Å². The van der Waals surface area contributed by atoms with E-state index in [2.05, 4.69) is 10.6 Å². The first-order chi connectivity index (χ1) is 19.7. The number of Topliss-reactive ketones (excluding diaryl/α,β-unsaturated/α-hetero) is 2. The highest BCUT2D eigenvalue weighted by molar-refractivity contribution is 6.39. The van der Waals surface area contributed by atoms with Crippen LogP contribution in [0.4, 0.5) is 4.79 Å². The summed E-state index contributed by atoms with van der Waals surface area (Å²) in [5.41, 5.74) is 0.832. The van der Waals surface area contributed by atoms with Crippen LogP contribution < -0.4 is 10.6 Å². The molecule has 1 aromatic rings. The summed E-state index contributed by atoms with van der Waals surface area (Å²) in [7, 11) is 0. The largest absolute Gasteiger partial charge is 0.445 e. The topological polar surface area (TPSA) is 122 Å². The number of rotatable bonds is 14. The summed E-state index contributed by atoms with van der Waals surface area (Å²) >= 11 is 0. The maximum absolute atomic E-state index is 13.6. The number of amides is 3. The van der Waals surface area contributed by atoms with Crippen LogP contribution in [0, 0.1) is 11.8 Å². The van der Waals surface area contributed by atoms with Crippen molar-refractivity contribution in [3.8, 4) is 0 Å². The quantitative estimate of drug-likeness (QED) is 0.313. The number of ether oxygens (including phenoxy) is 1. The molecule has 2 N–H and O–H groups in total. The Balaban J connectivity index is 1.62. The van der Waals surface area contributed by atoms with Gasteiger partial charge >= 0.3 is 6.09 Å². The van der Waals surface area contributed by atoms with E-state index in [1.807, 2.05) is 51.1 Å². The number of carbonyl (C=O) groups excluding carboxylic acids is 5. The van der Waals surface area contributed by atoms with Crippen LogP contribution in [-0.2, 0) is 30.5 Å². The van der Waals surface area contributed by atoms with Gasteiger partial charge in [-0.25, -0.2) is 4.79 Å². The fourth-order valence-corrected chi connectivity index (χ4v) is 5.88. The van der Waals surface area contributed by atoms with Crippen molar-refractivity contribution in [2.45, 2.75) is 116 Å². The summed E-state index contributed by atoms with van der Waals surface area (Å²) in [6.07, 6.45) is 7.29. The first-order valence-corrected chi connectivity index (χ1v) is 15.3. The van der Waals surface area contributed by atoms with Crippen LogP contribution in [0.15, 0.2) is 30.3 Å². The number of carbonyl (C=O) groups is 5. The van der Waals surface area contributed by atoms with E-state index in [4.69, 9.17) is 4.74 Å². The van der Waals surface area contributed by atoms with Gasteiger partial charge in [-0.05, 0) is 43.1 Å². The Hall–Kier alpha value is -3.23. The van der Waals surface area contributed by atoms with E-state index in [1.165, 1.54) is 11.3 Å². The van der Waals surface area contributed by atoms with E-state index in [1.54, 1.807) is 0 Å². The highest BCUT2D eigenvalue weighted by atomic mass is 16.5. The molecule has 0 spiro atoms. The monoisotopic (exact) mass is 569 g/mol. The zero-order valence-electron chi connectivity index (χ0n) is 24.9. The van der Waals surface area contributed by atoms with Gasteiger partial charge in [-0.15, -0.1) is 0 Å². The summed E-state index contributed by atoms with van der Waals surface area (Å²) in [5.74, 6) is -1.38. The summed E-state index contributed by atoms with van der Waals surface area (Å²) in [4.78, 5) is 67.0. The van der Waals surface area contributed by atoms with Crippen molar-refractivity contribution in [2.24, 2.45) is 11.8 Å². The smallest absolute Gasteiger partial charge is 0.408 e. The molecule has 41 heavy (non-hydrogen) atoms. The number of hydrogen-bond donors (Lipinski definition) is 2. The first kappa shape index (κ1) is 32.3. The number of nitrogens with one attached hydrogen (secondary N) is 2. The molecule has 3 atom stereocenters. The predicted octanol–water partition coefficient (Wildman–Crippen LogP) is 4.71. The van der Waals surface area contributed by atoms with Gasteiger partial charge < -0.3 is 20.3 Å². The molecule has 1 saturated carbocycles. The molecule has 226 valence electrons. The summed E-state index contributed by atoms with van der Waals surface area (Å²) in [6, 6.07) is 6.77. The van der Waals surface area contributed by atoms with Crippen molar-refractivity contribution in [3.63, 3.8) is 0 Å². The molecule has 1 saturated heterocycles. The Labute approximate surface area is 244 Å². The molecule has 0 bridgehead atoms. The number of ketones is 2. The normalized spacial score (nSPS) is 18.9. The van der Waals surface area contributed by atoms with Gasteiger partial charge in [0.05, 0.1) is 6.04 Å². The zero-order chi connectivity index (χ0) is 29.8. The molecule has 0 unspecified atom stereocenters. The molecule has 9 heteroatoms. The fourth-order valence-electron chi connectivity index (χ4n) is 5.88. The van der Waals surface area contributed by atoms with E-state index in [-0.39, 0.29) is 30.8 Å². The Bertz CT molecular complexity index is 1040. The minimum atomic E-state index is -0.890. The second-order valence-electron chi connectivity index (χ2n) is 11.9. The molecule has 2 aliphatic rings. The standard InChI is InChI=1S/C32H47N3O6/c1-4-12-25(29(37)28(36)20-23-13-7-5-8-14-23)33-30(38)27-17-11-18-35(27)31(39)26(19-22(2)3)34-32(40)41-21-24-15-9-6-10-16-24/h6,9-10,15-16,22-23,25-27H,4-5,7-8,11-14,17-21H2,1-3H3,(H,33,38)(H,34,40)/t25-,26-,27-/m0/s1. The number of benzene rings is 1. The van der Waals surface area contributed by atoms with Crippen LogP contribution in [0.2, 0.25) is 0 Å². The maximum Gasteiger partial charge on any atom is 0.408 e. The van der Waals surface area contributed by atoms with E-state index < -0.39 is 41.7 Å². The van der Waals surface area contributed by atoms with Crippen molar-refractivity contribution >= 4 is 29.5 Å². The molecule has 0 radical (unpaired) electrons. The molecule has 1 aliphatic carbocycles. The van der Waals surface area contributed by atoms with Crippen LogP contribution >= 0.6 is 0 Å². The number of alkyl carbamates (subject to hydrolysis) is 1. The lowest BCUT2D eigenvalue weighted by Crippen LogP contribution is -2.56. The van der Waals surface area contributed by atoms with Crippen LogP contribution in [0.5, 0.6) is 0 Å². The third-order valence-corrected chi connectivity index (χ3v) is 8.03. The maximum atomic E-state index is 13.6. The number of hydrogen-bond acceptors (Lipinski definition) is 6. The molecule has 1 aromatic carbocycles. The molecule has 1 heterocycles. The lowest BCUT2D eigenvalue weighted by molar-refractivity contribution is -0.142. The van der Waals surface area contributed by atoms with E-state index in [9.17, 15) is 24.0 Å². The molecule has 2 fully saturated rings. The van der Waals surface area contributed by atoms with Gasteiger partial charge in [0.25, 0.3) is 0 Å². The highest BCUT2D eigenvalue weighted by Crippen LogP contribution is 2.27. The Kier molecular flexibility index (Phi) is 12.8. The first-order valence-electron chi connectivity index (χ1n) is 15.3. The van der Waals surface area contributed by atoms with E-state index >= 15 is 0 Å².